The summed E-state index contributed by atoms with van der Waals surface area (Å²) in [7, 11) is 0. The molecule has 2 rings (SSSR count). The van der Waals surface area contributed by atoms with Crippen molar-refractivity contribution in [3.8, 4) is 0 Å². The molecule has 0 aliphatic rings. The molecule has 1 amide bonds. The molecule has 2 aromatic heterocycles. The molecule has 2 aromatic rings. The van der Waals surface area contributed by atoms with E-state index in [9.17, 15) is 4.79 Å². The molecule has 8 nitrogen and oxygen atoms in total. The first-order valence-electron chi connectivity index (χ1n) is 5.23. The molecule has 0 bridgehead atoms. The maximum Gasteiger partial charge on any atom is 0.275 e. The Balaban J connectivity index is 2.17. The number of nitrogens with two attached hydrogens (primary N) is 1. The fraction of sp³-hybridized carbons (Fsp3) is 0.200. The maximum atomic E-state index is 11.9. The van der Waals surface area contributed by atoms with Crippen LogP contribution in [-0.4, -0.2) is 26.1 Å². The summed E-state index contributed by atoms with van der Waals surface area (Å²) in [6.45, 7) is 3.62. The number of nitrogens with one attached hydrogen (secondary N) is 3. The zero-order valence-electron chi connectivity index (χ0n) is 9.98. The van der Waals surface area contributed by atoms with Crippen molar-refractivity contribution in [2.24, 2.45) is 5.84 Å². The molecule has 2 heterocycles. The molecule has 5 N–H and O–H groups in total. The number of aryl methyl sites for hydroxylation is 2. The quantitative estimate of drug-likeness (QED) is 0.458. The van der Waals surface area contributed by atoms with Gasteiger partial charge < -0.3 is 10.7 Å². The van der Waals surface area contributed by atoms with Crippen molar-refractivity contribution in [2.45, 2.75) is 13.8 Å². The van der Waals surface area contributed by atoms with E-state index in [1.807, 2.05) is 6.92 Å². The van der Waals surface area contributed by atoms with Crippen molar-refractivity contribution in [3.63, 3.8) is 0 Å². The average molecular weight is 247 g/mol. The van der Waals surface area contributed by atoms with Crippen LogP contribution in [0, 0.1) is 13.8 Å². The molecule has 0 atom stereocenters. The minimum absolute atomic E-state index is 0.203. The van der Waals surface area contributed by atoms with E-state index in [2.05, 4.69) is 30.9 Å². The third kappa shape index (κ3) is 2.28. The Hall–Kier alpha value is -2.48. The number of hydrazine groups is 1. The second kappa shape index (κ2) is 4.80. The summed E-state index contributed by atoms with van der Waals surface area (Å²) in [6, 6.07) is 0. The van der Waals surface area contributed by atoms with Crippen molar-refractivity contribution >= 4 is 17.4 Å². The van der Waals surface area contributed by atoms with Gasteiger partial charge in [-0.05, 0) is 13.8 Å². The summed E-state index contributed by atoms with van der Waals surface area (Å²) in [4.78, 5) is 19.8. The molecule has 0 aliphatic heterocycles. The van der Waals surface area contributed by atoms with Gasteiger partial charge in [-0.15, -0.1) is 0 Å². The predicted octanol–water partition coefficient (Wildman–Crippen LogP) is 0.354. The summed E-state index contributed by atoms with van der Waals surface area (Å²) < 4.78 is 0. The van der Waals surface area contributed by atoms with Crippen LogP contribution in [0.5, 0.6) is 0 Å². The van der Waals surface area contributed by atoms with Crippen LogP contribution in [0.3, 0.4) is 0 Å². The van der Waals surface area contributed by atoms with Gasteiger partial charge in [-0.25, -0.2) is 15.8 Å². The molecule has 0 fully saturated rings. The minimum atomic E-state index is -0.348. The van der Waals surface area contributed by atoms with Gasteiger partial charge in [0.15, 0.2) is 5.82 Å². The lowest BCUT2D eigenvalue weighted by Crippen LogP contribution is -2.16. The Labute approximate surface area is 103 Å². The monoisotopic (exact) mass is 247 g/mol. The molecule has 0 aliphatic carbocycles. The standard InChI is InChI=1S/C10H13N7O/c1-5-9(6(2)17-16-5)14-10(18)7-3-13-8(15-11)4-12-7/h3-4H,11H2,1-2H3,(H,13,15)(H,14,18)(H,16,17). The average Bonchev–Trinajstić information content (AvgIpc) is 2.70. The van der Waals surface area contributed by atoms with Crippen LogP contribution >= 0.6 is 0 Å². The van der Waals surface area contributed by atoms with Crippen molar-refractivity contribution in [2.75, 3.05) is 10.7 Å². The van der Waals surface area contributed by atoms with E-state index in [1.165, 1.54) is 12.4 Å². The lowest BCUT2D eigenvalue weighted by molar-refractivity contribution is 0.102. The number of H-pyrrole nitrogens is 1. The number of carbonyl (C=O) groups is 1. The molecule has 18 heavy (non-hydrogen) atoms. The number of nitrogens with zero attached hydrogens (tertiary/aromatic N) is 3. The fourth-order valence-corrected chi connectivity index (χ4v) is 1.43. The fourth-order valence-electron chi connectivity index (χ4n) is 1.43. The molecule has 0 unspecified atom stereocenters. The second-order valence-electron chi connectivity index (χ2n) is 3.69. The largest absolute Gasteiger partial charge is 0.317 e. The number of hydrogen-bond acceptors (Lipinski definition) is 6. The zero-order valence-corrected chi connectivity index (χ0v) is 9.98. The summed E-state index contributed by atoms with van der Waals surface area (Å²) in [5, 5.41) is 9.50. The third-order valence-electron chi connectivity index (χ3n) is 2.40. The Morgan fingerprint density at radius 2 is 2.11 bits per heavy atom. The molecule has 0 saturated carbocycles. The van der Waals surface area contributed by atoms with Gasteiger partial charge in [-0.1, -0.05) is 0 Å². The Morgan fingerprint density at radius 3 is 2.61 bits per heavy atom. The molecular formula is C10H13N7O. The first kappa shape index (κ1) is 12.0. The van der Waals surface area contributed by atoms with Crippen molar-refractivity contribution < 1.29 is 4.79 Å². The first-order valence-corrected chi connectivity index (χ1v) is 5.23. The molecular weight excluding hydrogens is 234 g/mol. The number of hydrogen-bond donors (Lipinski definition) is 4. The van der Waals surface area contributed by atoms with Crippen molar-refractivity contribution in [1.29, 1.82) is 0 Å². The Bertz CT molecular complexity index is 541. The van der Waals surface area contributed by atoms with Gasteiger partial charge in [-0.2, -0.15) is 5.10 Å². The highest BCUT2D eigenvalue weighted by Crippen LogP contribution is 2.16. The lowest BCUT2D eigenvalue weighted by atomic mass is 10.3. The number of amides is 1. The van der Waals surface area contributed by atoms with Gasteiger partial charge in [0.05, 0.1) is 29.5 Å². The van der Waals surface area contributed by atoms with Crippen LogP contribution in [0.1, 0.15) is 21.9 Å². The number of nitrogen functional groups attached to an aromatic ring is 1. The number of anilines is 2. The molecule has 0 radical (unpaired) electrons. The number of rotatable bonds is 3. The van der Waals surface area contributed by atoms with Crippen LogP contribution in [0.15, 0.2) is 12.4 Å². The molecule has 0 spiro atoms. The van der Waals surface area contributed by atoms with Crippen LogP contribution in [-0.2, 0) is 0 Å². The summed E-state index contributed by atoms with van der Waals surface area (Å²) in [5.74, 6) is 5.20. The second-order valence-corrected chi connectivity index (χ2v) is 3.69. The van der Waals surface area contributed by atoms with E-state index < -0.39 is 0 Å². The highest BCUT2D eigenvalue weighted by atomic mass is 16.1. The summed E-state index contributed by atoms with van der Waals surface area (Å²) >= 11 is 0. The summed E-state index contributed by atoms with van der Waals surface area (Å²) in [5.41, 5.74) is 4.70. The van der Waals surface area contributed by atoms with E-state index in [0.29, 0.717) is 17.2 Å². The van der Waals surface area contributed by atoms with Gasteiger partial charge in [-0.3, -0.25) is 9.89 Å². The number of aromatic amines is 1. The van der Waals surface area contributed by atoms with Gasteiger partial charge in [0.2, 0.25) is 0 Å². The topological polar surface area (TPSA) is 122 Å². The van der Waals surface area contributed by atoms with E-state index in [4.69, 9.17) is 5.84 Å². The third-order valence-corrected chi connectivity index (χ3v) is 2.40. The van der Waals surface area contributed by atoms with Gasteiger partial charge >= 0.3 is 0 Å². The van der Waals surface area contributed by atoms with Crippen molar-refractivity contribution in [3.05, 3.63) is 29.5 Å². The first-order chi connectivity index (χ1) is 8.61. The molecule has 94 valence electrons. The molecule has 8 heteroatoms. The van der Waals surface area contributed by atoms with Crippen molar-refractivity contribution in [1.82, 2.24) is 20.2 Å². The lowest BCUT2D eigenvalue weighted by Gasteiger charge is -2.04. The smallest absolute Gasteiger partial charge is 0.275 e. The Kier molecular flexibility index (Phi) is 3.20. The van der Waals surface area contributed by atoms with Gasteiger partial charge in [0.25, 0.3) is 5.91 Å². The van der Waals surface area contributed by atoms with E-state index >= 15 is 0 Å². The van der Waals surface area contributed by atoms with E-state index in [0.717, 1.165) is 5.69 Å². The van der Waals surface area contributed by atoms with Gasteiger partial charge in [0.1, 0.15) is 5.69 Å². The minimum Gasteiger partial charge on any atom is -0.317 e. The van der Waals surface area contributed by atoms with Gasteiger partial charge in [0, 0.05) is 0 Å². The highest BCUT2D eigenvalue weighted by Gasteiger charge is 2.13. The maximum absolute atomic E-state index is 11.9. The number of carbonyl (C=O) groups excluding carboxylic acids is 1. The van der Waals surface area contributed by atoms with E-state index in [-0.39, 0.29) is 11.6 Å². The highest BCUT2D eigenvalue weighted by molar-refractivity contribution is 6.03. The van der Waals surface area contributed by atoms with E-state index in [1.54, 1.807) is 6.92 Å². The van der Waals surface area contributed by atoms with Crippen LogP contribution in [0.4, 0.5) is 11.5 Å². The SMILES string of the molecule is Cc1n[nH]c(C)c1NC(=O)c1cnc(NN)cn1. The Morgan fingerprint density at radius 1 is 1.33 bits per heavy atom. The van der Waals surface area contributed by atoms with Crippen LogP contribution in [0.25, 0.3) is 0 Å². The molecule has 0 saturated heterocycles. The number of aromatic nitrogens is 4. The van der Waals surface area contributed by atoms with Crippen LogP contribution < -0.4 is 16.6 Å². The summed E-state index contributed by atoms with van der Waals surface area (Å²) in [6.07, 6.45) is 2.72. The zero-order chi connectivity index (χ0) is 13.1. The molecule has 0 aromatic carbocycles. The predicted molar refractivity (Wildman–Crippen MR) is 65.9 cm³/mol. The normalized spacial score (nSPS) is 10.2. The van der Waals surface area contributed by atoms with Crippen LogP contribution in [0.2, 0.25) is 0 Å².